The summed E-state index contributed by atoms with van der Waals surface area (Å²) in [6, 6.07) is 7.87. The van der Waals surface area contributed by atoms with E-state index < -0.39 is 0 Å². The predicted molar refractivity (Wildman–Crippen MR) is 100 cm³/mol. The number of aromatic nitrogens is 3. The molecule has 0 atom stereocenters. The molecule has 27 heavy (non-hydrogen) atoms. The zero-order valence-corrected chi connectivity index (χ0v) is 15.5. The molecule has 1 N–H and O–H groups in total. The van der Waals surface area contributed by atoms with Crippen LogP contribution in [0.5, 0.6) is 0 Å². The number of pyridine rings is 1. The Labute approximate surface area is 157 Å². The van der Waals surface area contributed by atoms with E-state index in [4.69, 9.17) is 4.52 Å². The van der Waals surface area contributed by atoms with Crippen LogP contribution >= 0.6 is 0 Å². The van der Waals surface area contributed by atoms with E-state index in [1.807, 2.05) is 52.9 Å². The van der Waals surface area contributed by atoms with E-state index in [2.05, 4.69) is 20.4 Å². The molecular weight excluding hydrogens is 344 g/mol. The van der Waals surface area contributed by atoms with Gasteiger partial charge in [-0.15, -0.1) is 0 Å². The van der Waals surface area contributed by atoms with Gasteiger partial charge in [-0.25, -0.2) is 9.78 Å². The quantitative estimate of drug-likeness (QED) is 0.742. The van der Waals surface area contributed by atoms with Gasteiger partial charge in [-0.05, 0) is 19.1 Å². The zero-order chi connectivity index (χ0) is 18.6. The summed E-state index contributed by atoms with van der Waals surface area (Å²) in [6.07, 6.45) is 4.70. The molecule has 1 aliphatic heterocycles. The van der Waals surface area contributed by atoms with Gasteiger partial charge in [-0.2, -0.15) is 0 Å². The van der Waals surface area contributed by atoms with E-state index in [0.29, 0.717) is 19.6 Å². The number of aryl methyl sites for hydroxylation is 1. The third-order valence-electron chi connectivity index (χ3n) is 4.79. The topological polar surface area (TPSA) is 78.9 Å². The molecule has 0 radical (unpaired) electrons. The number of amides is 2. The van der Waals surface area contributed by atoms with E-state index >= 15 is 0 Å². The molecule has 3 aromatic heterocycles. The molecule has 1 aliphatic rings. The Morgan fingerprint density at radius 3 is 2.85 bits per heavy atom. The third kappa shape index (κ3) is 4.28. The van der Waals surface area contributed by atoms with Crippen molar-refractivity contribution in [3.8, 4) is 0 Å². The van der Waals surface area contributed by atoms with E-state index in [9.17, 15) is 4.79 Å². The van der Waals surface area contributed by atoms with Crippen LogP contribution in [0.2, 0.25) is 0 Å². The third-order valence-corrected chi connectivity index (χ3v) is 4.79. The van der Waals surface area contributed by atoms with Crippen LogP contribution in [-0.4, -0.2) is 63.1 Å². The van der Waals surface area contributed by atoms with Crippen molar-refractivity contribution in [3.63, 3.8) is 0 Å². The van der Waals surface area contributed by atoms with Crippen molar-refractivity contribution >= 4 is 11.7 Å². The second-order valence-corrected chi connectivity index (χ2v) is 6.88. The summed E-state index contributed by atoms with van der Waals surface area (Å²) < 4.78 is 7.26. The molecule has 0 unspecified atom stereocenters. The van der Waals surface area contributed by atoms with Crippen LogP contribution in [0.4, 0.5) is 4.79 Å². The Morgan fingerprint density at radius 2 is 2.11 bits per heavy atom. The number of carbonyl (C=O) groups is 1. The average Bonchev–Trinajstić information content (AvgIpc) is 3.27. The Morgan fingerprint density at radius 1 is 1.26 bits per heavy atom. The molecule has 4 rings (SSSR count). The smallest absolute Gasteiger partial charge is 0.317 e. The monoisotopic (exact) mass is 368 g/mol. The normalized spacial score (nSPS) is 15.4. The Kier molecular flexibility index (Phi) is 5.06. The largest absolute Gasteiger partial charge is 0.360 e. The lowest BCUT2D eigenvalue weighted by Crippen LogP contribution is -2.51. The summed E-state index contributed by atoms with van der Waals surface area (Å²) in [4.78, 5) is 21.1. The number of fused-ring (bicyclic) bond motifs is 1. The van der Waals surface area contributed by atoms with E-state index in [1.165, 1.54) is 0 Å². The number of carbonyl (C=O) groups excluding carboxylic acids is 1. The lowest BCUT2D eigenvalue weighted by Gasteiger charge is -2.34. The molecule has 8 nitrogen and oxygen atoms in total. The van der Waals surface area contributed by atoms with Crippen LogP contribution in [-0.2, 0) is 13.0 Å². The Hall–Kier alpha value is -2.87. The van der Waals surface area contributed by atoms with Gasteiger partial charge in [0, 0.05) is 57.6 Å². The van der Waals surface area contributed by atoms with Crippen molar-refractivity contribution in [1.82, 2.24) is 29.7 Å². The standard InChI is InChI=1S/C19H24N6O2/c1-15-12-17(27-22-15)14-23-8-10-24(11-9-23)19(26)20-6-5-16-13-25-7-3-2-4-18(25)21-16/h2-4,7,12-13H,5-6,8-11,14H2,1H3,(H,20,26). The minimum absolute atomic E-state index is 0.00563. The molecule has 0 spiro atoms. The molecule has 1 fully saturated rings. The van der Waals surface area contributed by atoms with Crippen LogP contribution in [0.25, 0.3) is 5.65 Å². The number of hydrogen-bond donors (Lipinski definition) is 1. The molecule has 0 saturated carbocycles. The summed E-state index contributed by atoms with van der Waals surface area (Å²) >= 11 is 0. The van der Waals surface area contributed by atoms with Gasteiger partial charge in [0.15, 0.2) is 5.76 Å². The number of rotatable bonds is 5. The van der Waals surface area contributed by atoms with Gasteiger partial charge in [-0.1, -0.05) is 11.2 Å². The van der Waals surface area contributed by atoms with Crippen LogP contribution in [0.1, 0.15) is 17.1 Å². The highest BCUT2D eigenvalue weighted by atomic mass is 16.5. The van der Waals surface area contributed by atoms with Gasteiger partial charge in [0.2, 0.25) is 0 Å². The molecule has 0 aromatic carbocycles. The highest BCUT2D eigenvalue weighted by Crippen LogP contribution is 2.10. The Balaban J connectivity index is 1.20. The van der Waals surface area contributed by atoms with Gasteiger partial charge in [0.05, 0.1) is 17.9 Å². The van der Waals surface area contributed by atoms with Crippen LogP contribution in [0.3, 0.4) is 0 Å². The van der Waals surface area contributed by atoms with E-state index in [0.717, 1.165) is 48.9 Å². The van der Waals surface area contributed by atoms with Crippen molar-refractivity contribution in [2.45, 2.75) is 19.9 Å². The van der Waals surface area contributed by atoms with Gasteiger partial charge in [0.1, 0.15) is 5.65 Å². The number of imidazole rings is 1. The molecule has 0 bridgehead atoms. The average molecular weight is 368 g/mol. The van der Waals surface area contributed by atoms with Gasteiger partial charge in [0.25, 0.3) is 0 Å². The fourth-order valence-corrected chi connectivity index (χ4v) is 3.34. The second-order valence-electron chi connectivity index (χ2n) is 6.88. The number of piperazine rings is 1. The molecule has 142 valence electrons. The lowest BCUT2D eigenvalue weighted by atomic mass is 10.3. The highest BCUT2D eigenvalue weighted by Gasteiger charge is 2.21. The fourth-order valence-electron chi connectivity index (χ4n) is 3.34. The molecule has 1 saturated heterocycles. The summed E-state index contributed by atoms with van der Waals surface area (Å²) in [7, 11) is 0. The maximum Gasteiger partial charge on any atom is 0.317 e. The van der Waals surface area contributed by atoms with Crippen molar-refractivity contribution in [1.29, 1.82) is 0 Å². The number of urea groups is 1. The maximum atomic E-state index is 12.4. The highest BCUT2D eigenvalue weighted by molar-refractivity contribution is 5.74. The molecule has 2 amide bonds. The van der Waals surface area contributed by atoms with Crippen LogP contribution in [0.15, 0.2) is 41.2 Å². The SMILES string of the molecule is Cc1cc(CN2CCN(C(=O)NCCc3cn4ccccc4n3)CC2)on1. The number of nitrogens with one attached hydrogen (secondary N) is 1. The Bertz CT molecular complexity index is 877. The minimum Gasteiger partial charge on any atom is -0.360 e. The summed E-state index contributed by atoms with van der Waals surface area (Å²) in [6.45, 7) is 6.34. The first-order valence-corrected chi connectivity index (χ1v) is 9.27. The molecular formula is C19H24N6O2. The first-order chi connectivity index (χ1) is 13.2. The summed E-state index contributed by atoms with van der Waals surface area (Å²) in [5.41, 5.74) is 2.80. The van der Waals surface area contributed by atoms with Crippen molar-refractivity contribution in [2.75, 3.05) is 32.7 Å². The minimum atomic E-state index is -0.00563. The van der Waals surface area contributed by atoms with Crippen molar-refractivity contribution in [3.05, 3.63) is 53.8 Å². The van der Waals surface area contributed by atoms with Crippen LogP contribution in [0, 0.1) is 6.92 Å². The van der Waals surface area contributed by atoms with Gasteiger partial charge >= 0.3 is 6.03 Å². The van der Waals surface area contributed by atoms with Crippen LogP contribution < -0.4 is 5.32 Å². The maximum absolute atomic E-state index is 12.4. The lowest BCUT2D eigenvalue weighted by molar-refractivity contribution is 0.128. The van der Waals surface area contributed by atoms with Crippen molar-refractivity contribution < 1.29 is 9.32 Å². The first-order valence-electron chi connectivity index (χ1n) is 9.27. The number of hydrogen-bond acceptors (Lipinski definition) is 5. The van der Waals surface area contributed by atoms with E-state index in [1.54, 1.807) is 0 Å². The molecule has 4 heterocycles. The van der Waals surface area contributed by atoms with Gasteiger partial charge < -0.3 is 19.1 Å². The molecule has 3 aromatic rings. The first kappa shape index (κ1) is 17.5. The second kappa shape index (κ2) is 7.79. The van der Waals surface area contributed by atoms with Crippen molar-refractivity contribution in [2.24, 2.45) is 0 Å². The molecule has 8 heteroatoms. The van der Waals surface area contributed by atoms with E-state index in [-0.39, 0.29) is 6.03 Å². The zero-order valence-electron chi connectivity index (χ0n) is 15.5. The molecule has 0 aliphatic carbocycles. The van der Waals surface area contributed by atoms with Gasteiger partial charge in [-0.3, -0.25) is 4.90 Å². The fraction of sp³-hybridized carbons (Fsp3) is 0.421. The number of nitrogens with zero attached hydrogens (tertiary/aromatic N) is 5. The summed E-state index contributed by atoms with van der Waals surface area (Å²) in [5, 5.41) is 6.92. The predicted octanol–water partition coefficient (Wildman–Crippen LogP) is 1.70. The summed E-state index contributed by atoms with van der Waals surface area (Å²) in [5.74, 6) is 0.873.